The summed E-state index contributed by atoms with van der Waals surface area (Å²) in [7, 11) is 0. The predicted molar refractivity (Wildman–Crippen MR) is 61.6 cm³/mol. The molecule has 0 spiro atoms. The van der Waals surface area contributed by atoms with Crippen molar-refractivity contribution in [1.82, 2.24) is 5.32 Å². The lowest BCUT2D eigenvalue weighted by Crippen LogP contribution is -2.26. The summed E-state index contributed by atoms with van der Waals surface area (Å²) in [5.74, 6) is 1.20. The van der Waals surface area contributed by atoms with E-state index in [1.807, 2.05) is 20.8 Å². The lowest BCUT2D eigenvalue weighted by atomic mass is 9.93. The van der Waals surface area contributed by atoms with E-state index in [4.69, 9.17) is 9.52 Å². The molecule has 0 aromatic carbocycles. The van der Waals surface area contributed by atoms with Crippen LogP contribution in [0.15, 0.2) is 10.5 Å². The molecule has 1 heterocycles. The minimum Gasteiger partial charge on any atom is -0.465 e. The Morgan fingerprint density at radius 2 is 2.12 bits per heavy atom. The largest absolute Gasteiger partial charge is 0.465 e. The Morgan fingerprint density at radius 1 is 1.50 bits per heavy atom. The second-order valence-electron chi connectivity index (χ2n) is 4.81. The van der Waals surface area contributed by atoms with E-state index < -0.39 is 0 Å². The number of hydrogen-bond acceptors (Lipinski definition) is 3. The maximum Gasteiger partial charge on any atom is 0.254 e. The predicted octanol–water partition coefficient (Wildman–Crippen LogP) is 1.61. The fraction of sp³-hybridized carbons (Fsp3) is 0.583. The Labute approximate surface area is 95.7 Å². The standard InChI is InChI=1S/C12H19NO3/c1-8-9(11(15)13-5-6-14)7-10(16-8)12(2,3)4/h7,14H,5-6H2,1-4H3,(H,13,15). The number of rotatable bonds is 3. The lowest BCUT2D eigenvalue weighted by molar-refractivity contribution is 0.0943. The van der Waals surface area contributed by atoms with E-state index in [0.717, 1.165) is 5.76 Å². The van der Waals surface area contributed by atoms with Crippen LogP contribution in [0.5, 0.6) is 0 Å². The monoisotopic (exact) mass is 225 g/mol. The molecule has 0 aliphatic rings. The second-order valence-corrected chi connectivity index (χ2v) is 4.81. The third-order valence-electron chi connectivity index (χ3n) is 2.30. The highest BCUT2D eigenvalue weighted by Crippen LogP contribution is 2.26. The molecule has 1 aromatic heterocycles. The van der Waals surface area contributed by atoms with Crippen molar-refractivity contribution in [2.24, 2.45) is 0 Å². The van der Waals surface area contributed by atoms with Gasteiger partial charge in [-0.05, 0) is 13.0 Å². The molecule has 4 nitrogen and oxygen atoms in total. The van der Waals surface area contributed by atoms with Gasteiger partial charge < -0.3 is 14.8 Å². The zero-order valence-electron chi connectivity index (χ0n) is 10.3. The summed E-state index contributed by atoms with van der Waals surface area (Å²) in [6, 6.07) is 1.77. The zero-order valence-corrected chi connectivity index (χ0v) is 10.3. The fourth-order valence-corrected chi connectivity index (χ4v) is 1.34. The number of amides is 1. The van der Waals surface area contributed by atoms with Crippen LogP contribution < -0.4 is 5.32 Å². The Bertz CT molecular complexity index is 374. The van der Waals surface area contributed by atoms with Crippen molar-refractivity contribution in [1.29, 1.82) is 0 Å². The van der Waals surface area contributed by atoms with Gasteiger partial charge in [-0.3, -0.25) is 4.79 Å². The van der Waals surface area contributed by atoms with Gasteiger partial charge in [-0.15, -0.1) is 0 Å². The molecule has 0 saturated carbocycles. The third-order valence-corrected chi connectivity index (χ3v) is 2.30. The zero-order chi connectivity index (χ0) is 12.3. The Balaban J connectivity index is 2.90. The number of aryl methyl sites for hydroxylation is 1. The molecule has 2 N–H and O–H groups in total. The van der Waals surface area contributed by atoms with Crippen LogP contribution in [-0.4, -0.2) is 24.2 Å². The summed E-state index contributed by atoms with van der Waals surface area (Å²) in [6.07, 6.45) is 0. The molecule has 0 bridgehead atoms. The number of hydrogen-bond donors (Lipinski definition) is 2. The molecule has 1 aromatic rings. The van der Waals surface area contributed by atoms with Gasteiger partial charge >= 0.3 is 0 Å². The number of aliphatic hydroxyl groups is 1. The van der Waals surface area contributed by atoms with E-state index in [1.165, 1.54) is 0 Å². The number of carbonyl (C=O) groups excluding carboxylic acids is 1. The van der Waals surface area contributed by atoms with Gasteiger partial charge in [0.25, 0.3) is 5.91 Å². The highest BCUT2D eigenvalue weighted by molar-refractivity contribution is 5.95. The van der Waals surface area contributed by atoms with Crippen LogP contribution in [0.4, 0.5) is 0 Å². The molecule has 1 amide bonds. The van der Waals surface area contributed by atoms with Gasteiger partial charge in [0.15, 0.2) is 0 Å². The van der Waals surface area contributed by atoms with Crippen LogP contribution in [0.3, 0.4) is 0 Å². The summed E-state index contributed by atoms with van der Waals surface area (Å²) in [4.78, 5) is 11.7. The van der Waals surface area contributed by atoms with Crippen LogP contribution >= 0.6 is 0 Å². The Morgan fingerprint density at radius 3 is 2.56 bits per heavy atom. The van der Waals surface area contributed by atoms with Crippen molar-refractivity contribution in [3.8, 4) is 0 Å². The third kappa shape index (κ3) is 2.85. The van der Waals surface area contributed by atoms with E-state index in [0.29, 0.717) is 11.3 Å². The molecule has 90 valence electrons. The Hall–Kier alpha value is -1.29. The van der Waals surface area contributed by atoms with Gasteiger partial charge in [0.05, 0.1) is 12.2 Å². The fourth-order valence-electron chi connectivity index (χ4n) is 1.34. The molecule has 0 fully saturated rings. The van der Waals surface area contributed by atoms with Crippen LogP contribution in [0.1, 0.15) is 42.6 Å². The molecule has 0 atom stereocenters. The van der Waals surface area contributed by atoms with Crippen molar-refractivity contribution >= 4 is 5.91 Å². The SMILES string of the molecule is Cc1oc(C(C)(C)C)cc1C(=O)NCCO. The first-order valence-electron chi connectivity index (χ1n) is 5.36. The van der Waals surface area contributed by atoms with Crippen molar-refractivity contribution in [3.63, 3.8) is 0 Å². The smallest absolute Gasteiger partial charge is 0.254 e. The molecule has 0 unspecified atom stereocenters. The molecule has 4 heteroatoms. The average molecular weight is 225 g/mol. The minimum atomic E-state index is -0.203. The molecule has 0 radical (unpaired) electrons. The first-order chi connectivity index (χ1) is 7.36. The van der Waals surface area contributed by atoms with E-state index in [2.05, 4.69) is 5.32 Å². The number of furan rings is 1. The molecule has 16 heavy (non-hydrogen) atoms. The normalized spacial score (nSPS) is 11.6. The van der Waals surface area contributed by atoms with Gasteiger partial charge in [-0.2, -0.15) is 0 Å². The summed E-state index contributed by atoms with van der Waals surface area (Å²) in [6.45, 7) is 8.05. The van der Waals surface area contributed by atoms with E-state index in [-0.39, 0.29) is 24.5 Å². The second kappa shape index (κ2) is 4.70. The number of carbonyl (C=O) groups is 1. The van der Waals surface area contributed by atoms with Crippen LogP contribution in [0.25, 0.3) is 0 Å². The van der Waals surface area contributed by atoms with Gasteiger partial charge in [-0.25, -0.2) is 0 Å². The molecule has 0 aliphatic heterocycles. The van der Waals surface area contributed by atoms with E-state index in [1.54, 1.807) is 13.0 Å². The summed E-state index contributed by atoms with van der Waals surface area (Å²) in [5.41, 5.74) is 0.429. The molecule has 0 saturated heterocycles. The maximum atomic E-state index is 11.7. The topological polar surface area (TPSA) is 62.5 Å². The number of nitrogens with one attached hydrogen (secondary N) is 1. The first-order valence-corrected chi connectivity index (χ1v) is 5.36. The van der Waals surface area contributed by atoms with E-state index >= 15 is 0 Å². The lowest BCUT2D eigenvalue weighted by Gasteiger charge is -2.13. The van der Waals surface area contributed by atoms with Crippen LogP contribution in [-0.2, 0) is 5.41 Å². The molecular formula is C12H19NO3. The molecule has 1 rings (SSSR count). The van der Waals surface area contributed by atoms with E-state index in [9.17, 15) is 4.79 Å². The minimum absolute atomic E-state index is 0.0607. The highest BCUT2D eigenvalue weighted by Gasteiger charge is 2.22. The van der Waals surface area contributed by atoms with Crippen molar-refractivity contribution < 1.29 is 14.3 Å². The first kappa shape index (κ1) is 12.8. The van der Waals surface area contributed by atoms with Gasteiger partial charge in [-0.1, -0.05) is 20.8 Å². The molecule has 0 aliphatic carbocycles. The summed E-state index contributed by atoms with van der Waals surface area (Å²) >= 11 is 0. The van der Waals surface area contributed by atoms with Crippen LogP contribution in [0, 0.1) is 6.92 Å². The van der Waals surface area contributed by atoms with Crippen molar-refractivity contribution in [2.75, 3.05) is 13.2 Å². The van der Waals surface area contributed by atoms with Gasteiger partial charge in [0.2, 0.25) is 0 Å². The number of aliphatic hydroxyl groups excluding tert-OH is 1. The quantitative estimate of drug-likeness (QED) is 0.821. The summed E-state index contributed by atoms with van der Waals surface area (Å²) < 4.78 is 5.56. The van der Waals surface area contributed by atoms with Gasteiger partial charge in [0.1, 0.15) is 11.5 Å². The Kier molecular flexibility index (Phi) is 3.75. The van der Waals surface area contributed by atoms with Crippen LogP contribution in [0.2, 0.25) is 0 Å². The molecular weight excluding hydrogens is 206 g/mol. The van der Waals surface area contributed by atoms with Crippen molar-refractivity contribution in [2.45, 2.75) is 33.1 Å². The van der Waals surface area contributed by atoms with Gasteiger partial charge in [0, 0.05) is 12.0 Å². The average Bonchev–Trinajstić information content (AvgIpc) is 2.56. The van der Waals surface area contributed by atoms with Crippen molar-refractivity contribution in [3.05, 3.63) is 23.2 Å². The maximum absolute atomic E-state index is 11.7. The summed E-state index contributed by atoms with van der Waals surface area (Å²) in [5, 5.41) is 11.2. The highest BCUT2D eigenvalue weighted by atomic mass is 16.3.